The number of hydrogen-bond donors (Lipinski definition) is 2. The molecule has 90 valence electrons. The number of rotatable bonds is 4. The van der Waals surface area contributed by atoms with Gasteiger partial charge in [-0.3, -0.25) is 5.10 Å². The van der Waals surface area contributed by atoms with Crippen molar-refractivity contribution in [2.75, 3.05) is 5.32 Å². The van der Waals surface area contributed by atoms with Crippen LogP contribution in [0, 0.1) is 5.92 Å². The lowest BCUT2D eigenvalue weighted by atomic mass is 9.95. The summed E-state index contributed by atoms with van der Waals surface area (Å²) in [4.78, 5) is 0. The first-order chi connectivity index (χ1) is 7.88. The van der Waals surface area contributed by atoms with Gasteiger partial charge in [-0.15, -0.1) is 0 Å². The first-order valence-electron chi connectivity index (χ1n) is 6.63. The molecule has 1 aliphatic rings. The van der Waals surface area contributed by atoms with Crippen LogP contribution in [0.5, 0.6) is 0 Å². The second kappa shape index (κ2) is 5.92. The van der Waals surface area contributed by atoms with Gasteiger partial charge in [0.1, 0.15) is 0 Å². The van der Waals surface area contributed by atoms with E-state index in [0.29, 0.717) is 6.04 Å². The van der Waals surface area contributed by atoms with Gasteiger partial charge in [0.15, 0.2) is 0 Å². The van der Waals surface area contributed by atoms with Crippen molar-refractivity contribution in [3.63, 3.8) is 0 Å². The van der Waals surface area contributed by atoms with E-state index in [1.54, 1.807) is 0 Å². The summed E-state index contributed by atoms with van der Waals surface area (Å²) < 4.78 is 0. The van der Waals surface area contributed by atoms with Crippen LogP contribution in [0.3, 0.4) is 0 Å². The standard InChI is InChI=1S/C13H23N3/c1-2-4-11-5-3-6-12(8-7-11)16-13-9-14-15-10-13/h9-12,16H,2-8H2,1H3,(H,14,15). The van der Waals surface area contributed by atoms with Gasteiger partial charge in [0.05, 0.1) is 11.9 Å². The Bertz CT molecular complexity index is 281. The zero-order chi connectivity index (χ0) is 11.2. The average Bonchev–Trinajstić information content (AvgIpc) is 2.68. The molecule has 0 spiro atoms. The Labute approximate surface area is 98.0 Å². The molecular formula is C13H23N3. The Morgan fingerprint density at radius 3 is 3.06 bits per heavy atom. The van der Waals surface area contributed by atoms with Gasteiger partial charge in [-0.05, 0) is 25.2 Å². The van der Waals surface area contributed by atoms with Gasteiger partial charge in [0, 0.05) is 12.2 Å². The van der Waals surface area contributed by atoms with Crippen LogP contribution in [0.25, 0.3) is 0 Å². The molecule has 16 heavy (non-hydrogen) atoms. The maximum Gasteiger partial charge on any atom is 0.0725 e. The van der Waals surface area contributed by atoms with Gasteiger partial charge in [0.2, 0.25) is 0 Å². The summed E-state index contributed by atoms with van der Waals surface area (Å²) in [6.45, 7) is 2.30. The van der Waals surface area contributed by atoms with Crippen LogP contribution in [0.4, 0.5) is 5.69 Å². The van der Waals surface area contributed by atoms with Gasteiger partial charge in [-0.25, -0.2) is 0 Å². The lowest BCUT2D eigenvalue weighted by molar-refractivity contribution is 0.422. The summed E-state index contributed by atoms with van der Waals surface area (Å²) in [6, 6.07) is 0.652. The van der Waals surface area contributed by atoms with E-state index >= 15 is 0 Å². The van der Waals surface area contributed by atoms with E-state index in [9.17, 15) is 0 Å². The summed E-state index contributed by atoms with van der Waals surface area (Å²) >= 11 is 0. The minimum Gasteiger partial charge on any atom is -0.380 e. The van der Waals surface area contributed by atoms with Crippen molar-refractivity contribution in [2.24, 2.45) is 5.92 Å². The molecule has 0 saturated heterocycles. The zero-order valence-corrected chi connectivity index (χ0v) is 10.2. The topological polar surface area (TPSA) is 40.7 Å². The highest BCUT2D eigenvalue weighted by atomic mass is 15.1. The lowest BCUT2D eigenvalue weighted by Gasteiger charge is -2.16. The van der Waals surface area contributed by atoms with E-state index in [0.717, 1.165) is 11.6 Å². The third-order valence-corrected chi connectivity index (χ3v) is 3.65. The van der Waals surface area contributed by atoms with Crippen molar-refractivity contribution in [1.29, 1.82) is 0 Å². The van der Waals surface area contributed by atoms with Gasteiger partial charge in [0.25, 0.3) is 0 Å². The molecule has 1 saturated carbocycles. The molecule has 0 amide bonds. The summed E-state index contributed by atoms with van der Waals surface area (Å²) in [5.41, 5.74) is 1.14. The minimum atomic E-state index is 0.652. The summed E-state index contributed by atoms with van der Waals surface area (Å²) in [5, 5.41) is 10.4. The molecule has 0 radical (unpaired) electrons. The van der Waals surface area contributed by atoms with Gasteiger partial charge in [-0.1, -0.05) is 32.6 Å². The van der Waals surface area contributed by atoms with E-state index < -0.39 is 0 Å². The monoisotopic (exact) mass is 221 g/mol. The molecule has 2 atom stereocenters. The van der Waals surface area contributed by atoms with Gasteiger partial charge >= 0.3 is 0 Å². The molecule has 1 aromatic rings. The van der Waals surface area contributed by atoms with Crippen molar-refractivity contribution in [3.05, 3.63) is 12.4 Å². The molecule has 1 aromatic heterocycles. The molecule has 1 fully saturated rings. The second-order valence-corrected chi connectivity index (χ2v) is 4.99. The molecule has 0 aromatic carbocycles. The van der Waals surface area contributed by atoms with Crippen LogP contribution in [-0.2, 0) is 0 Å². The minimum absolute atomic E-state index is 0.652. The van der Waals surface area contributed by atoms with E-state index in [1.807, 2.05) is 12.4 Å². The lowest BCUT2D eigenvalue weighted by Crippen LogP contribution is -2.18. The van der Waals surface area contributed by atoms with Crippen molar-refractivity contribution in [1.82, 2.24) is 10.2 Å². The van der Waals surface area contributed by atoms with Crippen molar-refractivity contribution in [2.45, 2.75) is 57.9 Å². The number of aromatic nitrogens is 2. The normalized spacial score (nSPS) is 26.3. The third kappa shape index (κ3) is 3.26. The fourth-order valence-corrected chi connectivity index (χ4v) is 2.79. The molecule has 2 rings (SSSR count). The zero-order valence-electron chi connectivity index (χ0n) is 10.2. The maximum atomic E-state index is 3.97. The van der Waals surface area contributed by atoms with Crippen LogP contribution < -0.4 is 5.32 Å². The molecule has 1 aliphatic carbocycles. The second-order valence-electron chi connectivity index (χ2n) is 4.99. The molecule has 1 heterocycles. The quantitative estimate of drug-likeness (QED) is 0.763. The van der Waals surface area contributed by atoms with Crippen molar-refractivity contribution >= 4 is 5.69 Å². The Morgan fingerprint density at radius 2 is 2.31 bits per heavy atom. The predicted octanol–water partition coefficient (Wildman–Crippen LogP) is 3.57. The smallest absolute Gasteiger partial charge is 0.0725 e. The highest BCUT2D eigenvalue weighted by molar-refractivity contribution is 5.38. The third-order valence-electron chi connectivity index (χ3n) is 3.65. The highest BCUT2D eigenvalue weighted by Gasteiger charge is 2.18. The average molecular weight is 221 g/mol. The summed E-state index contributed by atoms with van der Waals surface area (Å²) in [6.07, 6.45) is 13.4. The van der Waals surface area contributed by atoms with E-state index in [-0.39, 0.29) is 0 Å². The van der Waals surface area contributed by atoms with E-state index in [2.05, 4.69) is 22.4 Å². The Balaban J connectivity index is 1.80. The van der Waals surface area contributed by atoms with Crippen molar-refractivity contribution < 1.29 is 0 Å². The number of anilines is 1. The highest BCUT2D eigenvalue weighted by Crippen LogP contribution is 2.28. The summed E-state index contributed by atoms with van der Waals surface area (Å²) in [7, 11) is 0. The van der Waals surface area contributed by atoms with Crippen molar-refractivity contribution in [3.8, 4) is 0 Å². The number of aromatic amines is 1. The summed E-state index contributed by atoms with van der Waals surface area (Å²) in [5.74, 6) is 0.973. The number of nitrogens with zero attached hydrogens (tertiary/aromatic N) is 1. The number of nitrogens with one attached hydrogen (secondary N) is 2. The van der Waals surface area contributed by atoms with E-state index in [1.165, 1.54) is 44.9 Å². The Kier molecular flexibility index (Phi) is 4.25. The van der Waals surface area contributed by atoms with Gasteiger partial charge in [-0.2, -0.15) is 5.10 Å². The molecule has 3 heteroatoms. The fraction of sp³-hybridized carbons (Fsp3) is 0.769. The predicted molar refractivity (Wildman–Crippen MR) is 67.5 cm³/mol. The largest absolute Gasteiger partial charge is 0.380 e. The number of hydrogen-bond acceptors (Lipinski definition) is 2. The molecule has 0 bridgehead atoms. The Hall–Kier alpha value is -0.990. The first kappa shape index (κ1) is 11.5. The fourth-order valence-electron chi connectivity index (χ4n) is 2.79. The van der Waals surface area contributed by atoms with E-state index in [4.69, 9.17) is 0 Å². The molecular weight excluding hydrogens is 198 g/mol. The SMILES string of the molecule is CCCC1CCCC(Nc2cn[nH]c2)CC1. The van der Waals surface area contributed by atoms with Gasteiger partial charge < -0.3 is 5.32 Å². The van der Waals surface area contributed by atoms with Crippen LogP contribution in [0.2, 0.25) is 0 Å². The van der Waals surface area contributed by atoms with Crippen LogP contribution in [-0.4, -0.2) is 16.2 Å². The van der Waals surface area contributed by atoms with Crippen LogP contribution in [0.15, 0.2) is 12.4 Å². The molecule has 2 N–H and O–H groups in total. The number of H-pyrrole nitrogens is 1. The molecule has 0 aliphatic heterocycles. The maximum absolute atomic E-state index is 3.97. The first-order valence-corrected chi connectivity index (χ1v) is 6.63. The van der Waals surface area contributed by atoms with Crippen LogP contribution in [0.1, 0.15) is 51.9 Å². The molecule has 3 nitrogen and oxygen atoms in total. The Morgan fingerprint density at radius 1 is 1.38 bits per heavy atom. The molecule has 2 unspecified atom stereocenters. The van der Waals surface area contributed by atoms with Crippen LogP contribution >= 0.6 is 0 Å².